The monoisotopic (exact) mass is 912 g/mol. The molecular formula is C61H68O7. The lowest BCUT2D eigenvalue weighted by Gasteiger charge is -2.36. The highest BCUT2D eigenvalue weighted by Gasteiger charge is 2.39. The fraction of sp³-hybridized carbons (Fsp3) is 0.410. The number of rotatable bonds is 18. The summed E-state index contributed by atoms with van der Waals surface area (Å²) in [7, 11) is 0. The maximum absolute atomic E-state index is 11.2. The van der Waals surface area contributed by atoms with E-state index in [9.17, 15) is 5.11 Å². The zero-order valence-corrected chi connectivity index (χ0v) is 40.4. The number of aryl methyl sites for hydroxylation is 2. The summed E-state index contributed by atoms with van der Waals surface area (Å²) in [6.45, 7) is 11.5. The van der Waals surface area contributed by atoms with Crippen molar-refractivity contribution in [2.45, 2.75) is 119 Å². The van der Waals surface area contributed by atoms with E-state index >= 15 is 0 Å². The smallest absolute Gasteiger partial charge is 0.119 e. The van der Waals surface area contributed by atoms with E-state index in [1.54, 1.807) is 0 Å². The number of aliphatic hydroxyl groups is 1. The van der Waals surface area contributed by atoms with Gasteiger partial charge in [-0.3, -0.25) is 0 Å². The largest absolute Gasteiger partial charge is 0.491 e. The van der Waals surface area contributed by atoms with E-state index in [2.05, 4.69) is 173 Å². The molecular weight excluding hydrogens is 845 g/mol. The highest BCUT2D eigenvalue weighted by Crippen LogP contribution is 2.46. The molecule has 10 rings (SSSR count). The standard InChI is InChI=1S/C61H68O7/c1-58(2,47-17-21-49(22-18-47)61(34-10-16-44-12-6-8-14-46(44)36-61)52-27-31-55(32-28-52)64-39-56-40-65-56)67-38-53(62)37-63-54-29-25-51(26-30-54)60(33-9-15-43-11-5-7-13-45(43)35-60)50-23-19-48(20-24-50)59(3,4)68-42-57-41-66-57/h5-8,11-14,17-32,53,56-57,62H,9-10,15-16,33-42H2,1-4H3. The quantitative estimate of drug-likeness (QED) is 0.0679. The van der Waals surface area contributed by atoms with Gasteiger partial charge in [0.25, 0.3) is 0 Å². The Balaban J connectivity index is 0.802. The maximum Gasteiger partial charge on any atom is 0.119 e. The number of benzene rings is 6. The molecule has 7 nitrogen and oxygen atoms in total. The fourth-order valence-corrected chi connectivity index (χ4v) is 10.9. The van der Waals surface area contributed by atoms with E-state index in [1.165, 1.54) is 44.5 Å². The summed E-state index contributed by atoms with van der Waals surface area (Å²) in [4.78, 5) is 0. The van der Waals surface area contributed by atoms with E-state index in [0.29, 0.717) is 13.2 Å². The Kier molecular flexibility index (Phi) is 13.4. The van der Waals surface area contributed by atoms with Crippen molar-refractivity contribution in [3.63, 3.8) is 0 Å². The summed E-state index contributed by atoms with van der Waals surface area (Å²) in [5.74, 6) is 1.61. The highest BCUT2D eigenvalue weighted by atomic mass is 16.6. The van der Waals surface area contributed by atoms with Gasteiger partial charge in [0.15, 0.2) is 0 Å². The number of aliphatic hydroxyl groups excluding tert-OH is 1. The molecule has 0 saturated carbocycles. The third-order valence-electron chi connectivity index (χ3n) is 15.3. The number of ether oxygens (including phenoxy) is 6. The molecule has 2 saturated heterocycles. The first-order valence-corrected chi connectivity index (χ1v) is 25.0. The van der Waals surface area contributed by atoms with E-state index in [4.69, 9.17) is 28.4 Å². The van der Waals surface area contributed by atoms with Gasteiger partial charge in [-0.1, -0.05) is 121 Å². The molecule has 0 amide bonds. The lowest BCUT2D eigenvalue weighted by atomic mass is 9.68. The van der Waals surface area contributed by atoms with Crippen LogP contribution in [0.5, 0.6) is 11.5 Å². The van der Waals surface area contributed by atoms with E-state index in [-0.39, 0.29) is 36.3 Å². The Hall–Kier alpha value is -5.28. The summed E-state index contributed by atoms with van der Waals surface area (Å²) in [5, 5.41) is 11.2. The molecule has 1 N–H and O–H groups in total. The molecule has 2 aliphatic carbocycles. The van der Waals surface area contributed by atoms with Crippen molar-refractivity contribution in [3.05, 3.63) is 201 Å². The van der Waals surface area contributed by atoms with Gasteiger partial charge in [-0.05, 0) is 159 Å². The Morgan fingerprint density at radius 3 is 1.35 bits per heavy atom. The van der Waals surface area contributed by atoms with Crippen LogP contribution in [-0.4, -0.2) is 63.1 Å². The minimum absolute atomic E-state index is 0.126. The Bertz CT molecular complexity index is 2610. The summed E-state index contributed by atoms with van der Waals surface area (Å²) in [6.07, 6.45) is 7.92. The van der Waals surface area contributed by atoms with Crippen molar-refractivity contribution in [2.75, 3.05) is 39.6 Å². The number of hydrogen-bond donors (Lipinski definition) is 1. The Morgan fingerprint density at radius 1 is 0.500 bits per heavy atom. The molecule has 0 bridgehead atoms. The molecule has 6 aromatic carbocycles. The van der Waals surface area contributed by atoms with Crippen molar-refractivity contribution in [1.82, 2.24) is 0 Å². The van der Waals surface area contributed by atoms with E-state index in [0.717, 1.165) is 87.2 Å². The molecule has 0 aromatic heterocycles. The number of epoxide rings is 2. The van der Waals surface area contributed by atoms with Gasteiger partial charge in [0.2, 0.25) is 0 Å². The average Bonchev–Trinajstić information content (AvgIpc) is 4.29. The second-order valence-electron chi connectivity index (χ2n) is 20.8. The first-order chi connectivity index (χ1) is 33.0. The third-order valence-corrected chi connectivity index (χ3v) is 15.3. The molecule has 0 spiro atoms. The lowest BCUT2D eigenvalue weighted by molar-refractivity contribution is -0.0717. The SMILES string of the molecule is CC(C)(OCC(O)COc1ccc(C2(c3ccc(C(C)(C)OCC4CO4)cc3)CCCc3ccccc3C2)cc1)c1ccc(C2(c3ccc(OCC4CO4)cc3)CCCc3ccccc3C2)cc1. The minimum Gasteiger partial charge on any atom is -0.491 e. The van der Waals surface area contributed by atoms with Crippen molar-refractivity contribution in [2.24, 2.45) is 0 Å². The molecule has 5 atom stereocenters. The van der Waals surface area contributed by atoms with Gasteiger partial charge in [0, 0.05) is 10.8 Å². The predicted molar refractivity (Wildman–Crippen MR) is 268 cm³/mol. The van der Waals surface area contributed by atoms with Crippen molar-refractivity contribution in [3.8, 4) is 11.5 Å². The van der Waals surface area contributed by atoms with Crippen LogP contribution in [-0.2, 0) is 66.7 Å². The first-order valence-electron chi connectivity index (χ1n) is 25.0. The van der Waals surface area contributed by atoms with E-state index < -0.39 is 17.3 Å². The predicted octanol–water partition coefficient (Wildman–Crippen LogP) is 11.5. The van der Waals surface area contributed by atoms with Gasteiger partial charge in [-0.15, -0.1) is 0 Å². The molecule has 68 heavy (non-hydrogen) atoms. The molecule has 5 unspecified atom stereocenters. The molecule has 6 aromatic rings. The molecule has 7 heteroatoms. The van der Waals surface area contributed by atoms with Crippen LogP contribution in [0.15, 0.2) is 146 Å². The maximum atomic E-state index is 11.2. The van der Waals surface area contributed by atoms with Crippen LogP contribution < -0.4 is 9.47 Å². The van der Waals surface area contributed by atoms with Crippen LogP contribution in [0, 0.1) is 0 Å². The van der Waals surface area contributed by atoms with Gasteiger partial charge in [-0.2, -0.15) is 0 Å². The van der Waals surface area contributed by atoms with Crippen LogP contribution in [0.1, 0.15) is 109 Å². The fourth-order valence-electron chi connectivity index (χ4n) is 10.9. The number of fused-ring (bicyclic) bond motifs is 2. The van der Waals surface area contributed by atoms with Crippen LogP contribution in [0.4, 0.5) is 0 Å². The third kappa shape index (κ3) is 10.3. The van der Waals surface area contributed by atoms with Gasteiger partial charge < -0.3 is 33.5 Å². The summed E-state index contributed by atoms with van der Waals surface area (Å²) in [5.41, 5.74) is 11.7. The first kappa shape index (κ1) is 46.4. The topological polar surface area (TPSA) is 82.2 Å². The summed E-state index contributed by atoms with van der Waals surface area (Å²) < 4.78 is 35.8. The molecule has 0 radical (unpaired) electrons. The Labute approximate surface area is 403 Å². The average molecular weight is 913 g/mol. The molecule has 4 aliphatic rings. The van der Waals surface area contributed by atoms with E-state index in [1.807, 2.05) is 0 Å². The molecule has 2 heterocycles. The number of hydrogen-bond acceptors (Lipinski definition) is 7. The summed E-state index contributed by atoms with van der Waals surface area (Å²) >= 11 is 0. The van der Waals surface area contributed by atoms with Crippen LogP contribution in [0.2, 0.25) is 0 Å². The normalized spacial score (nSPS) is 22.8. The zero-order chi connectivity index (χ0) is 46.8. The lowest BCUT2D eigenvalue weighted by Crippen LogP contribution is -2.32. The van der Waals surface area contributed by atoms with Crippen LogP contribution >= 0.6 is 0 Å². The van der Waals surface area contributed by atoms with Gasteiger partial charge in [0.1, 0.15) is 43.0 Å². The minimum atomic E-state index is -0.806. The van der Waals surface area contributed by atoms with Crippen molar-refractivity contribution < 1.29 is 33.5 Å². The van der Waals surface area contributed by atoms with Crippen LogP contribution in [0.25, 0.3) is 0 Å². The molecule has 2 aliphatic heterocycles. The van der Waals surface area contributed by atoms with Crippen molar-refractivity contribution in [1.29, 1.82) is 0 Å². The zero-order valence-electron chi connectivity index (χ0n) is 40.4. The molecule has 2 fully saturated rings. The second-order valence-corrected chi connectivity index (χ2v) is 20.8. The molecule has 354 valence electrons. The highest BCUT2D eigenvalue weighted by molar-refractivity contribution is 5.49. The van der Waals surface area contributed by atoms with Crippen molar-refractivity contribution >= 4 is 0 Å². The van der Waals surface area contributed by atoms with Crippen LogP contribution in [0.3, 0.4) is 0 Å². The summed E-state index contributed by atoms with van der Waals surface area (Å²) in [6, 6.07) is 53.3. The second kappa shape index (κ2) is 19.6. The van der Waals surface area contributed by atoms with Gasteiger partial charge >= 0.3 is 0 Å². The van der Waals surface area contributed by atoms with Gasteiger partial charge in [-0.25, -0.2) is 0 Å². The van der Waals surface area contributed by atoms with Gasteiger partial charge in [0.05, 0.1) is 37.6 Å². The Morgan fingerprint density at radius 2 is 0.897 bits per heavy atom.